The predicted molar refractivity (Wildman–Crippen MR) is 142 cm³/mol. The molecule has 0 radical (unpaired) electrons. The number of nitrogens with zero attached hydrogens (tertiary/aromatic N) is 4. The summed E-state index contributed by atoms with van der Waals surface area (Å²) in [5, 5.41) is 1.47. The molecule has 2 amide bonds. The van der Waals surface area contributed by atoms with Crippen LogP contribution in [-0.4, -0.2) is 70.9 Å². The van der Waals surface area contributed by atoms with Crippen molar-refractivity contribution in [2.45, 2.75) is 6.42 Å². The molecule has 0 unspecified atom stereocenters. The summed E-state index contributed by atoms with van der Waals surface area (Å²) in [6.07, 6.45) is 6.30. The molecular weight excluding hydrogens is 474 g/mol. The third-order valence-corrected chi connectivity index (χ3v) is 6.99. The molecule has 8 heteroatoms. The number of aromatic nitrogens is 2. The fourth-order valence-electron chi connectivity index (χ4n) is 4.56. The van der Waals surface area contributed by atoms with Crippen molar-refractivity contribution in [2.75, 3.05) is 44.2 Å². The van der Waals surface area contributed by atoms with Crippen LogP contribution in [0.4, 0.5) is 5.69 Å². The Bertz CT molecular complexity index is 1330. The van der Waals surface area contributed by atoms with Crippen molar-refractivity contribution in [1.82, 2.24) is 19.8 Å². The van der Waals surface area contributed by atoms with Crippen molar-refractivity contribution >= 4 is 40.0 Å². The topological polar surface area (TPSA) is 72.5 Å². The van der Waals surface area contributed by atoms with Gasteiger partial charge in [0.15, 0.2) is 0 Å². The second-order valence-corrected chi connectivity index (χ2v) is 9.36. The first-order chi connectivity index (χ1) is 17.6. The van der Waals surface area contributed by atoms with E-state index in [0.717, 1.165) is 37.0 Å². The Morgan fingerprint density at radius 2 is 1.72 bits per heavy atom. The van der Waals surface area contributed by atoms with E-state index in [-0.39, 0.29) is 18.4 Å². The van der Waals surface area contributed by atoms with Crippen molar-refractivity contribution in [3.8, 4) is 0 Å². The molecule has 0 saturated carbocycles. The van der Waals surface area contributed by atoms with Gasteiger partial charge < -0.3 is 9.88 Å². The maximum absolute atomic E-state index is 13.6. The van der Waals surface area contributed by atoms with Crippen LogP contribution in [-0.2, 0) is 11.2 Å². The average molecular weight is 502 g/mol. The van der Waals surface area contributed by atoms with Crippen molar-refractivity contribution in [3.63, 3.8) is 0 Å². The predicted octanol–water partition coefficient (Wildman–Crippen LogP) is 4.25. The Morgan fingerprint density at radius 3 is 2.47 bits per heavy atom. The van der Waals surface area contributed by atoms with Crippen LogP contribution in [0.2, 0.25) is 5.02 Å². The van der Waals surface area contributed by atoms with Crippen molar-refractivity contribution in [1.29, 1.82) is 0 Å². The molecule has 4 aromatic rings. The largest absolute Gasteiger partial charge is 0.360 e. The zero-order valence-corrected chi connectivity index (χ0v) is 20.7. The number of fused-ring (bicyclic) bond motifs is 1. The number of carbonyl (C=O) groups excluding carboxylic acids is 2. The van der Waals surface area contributed by atoms with Crippen molar-refractivity contribution < 1.29 is 9.59 Å². The van der Waals surface area contributed by atoms with Crippen LogP contribution < -0.4 is 4.90 Å². The van der Waals surface area contributed by atoms with Crippen LogP contribution in [0.5, 0.6) is 0 Å². The monoisotopic (exact) mass is 501 g/mol. The molecule has 1 fully saturated rings. The van der Waals surface area contributed by atoms with Crippen LogP contribution in [0.25, 0.3) is 10.9 Å². The van der Waals surface area contributed by atoms with Gasteiger partial charge in [0.25, 0.3) is 5.91 Å². The lowest BCUT2D eigenvalue weighted by molar-refractivity contribution is -0.131. The number of pyridine rings is 1. The maximum Gasteiger partial charge on any atom is 0.258 e. The van der Waals surface area contributed by atoms with Gasteiger partial charge >= 0.3 is 0 Å². The second kappa shape index (κ2) is 10.9. The summed E-state index contributed by atoms with van der Waals surface area (Å²) >= 11 is 6.20. The number of H-pyrrole nitrogens is 1. The van der Waals surface area contributed by atoms with E-state index in [9.17, 15) is 9.59 Å². The molecule has 2 aromatic heterocycles. The van der Waals surface area contributed by atoms with Gasteiger partial charge in [-0.1, -0.05) is 35.9 Å². The Balaban J connectivity index is 1.25. The molecular formula is C28H28ClN5O2. The van der Waals surface area contributed by atoms with E-state index in [0.29, 0.717) is 29.4 Å². The quantitative estimate of drug-likeness (QED) is 0.411. The molecule has 0 aliphatic carbocycles. The van der Waals surface area contributed by atoms with Gasteiger partial charge in [-0.25, -0.2) is 0 Å². The highest BCUT2D eigenvalue weighted by molar-refractivity contribution is 6.35. The summed E-state index contributed by atoms with van der Waals surface area (Å²) in [7, 11) is 0. The summed E-state index contributed by atoms with van der Waals surface area (Å²) in [5.41, 5.74) is 3.24. The number of halogens is 1. The van der Waals surface area contributed by atoms with Gasteiger partial charge in [0, 0.05) is 73.5 Å². The summed E-state index contributed by atoms with van der Waals surface area (Å²) in [6.45, 7) is 3.88. The average Bonchev–Trinajstić information content (AvgIpc) is 3.31. The van der Waals surface area contributed by atoms with Crippen LogP contribution in [0.3, 0.4) is 0 Å². The smallest absolute Gasteiger partial charge is 0.258 e. The number of nitrogens with one attached hydrogen (secondary N) is 1. The van der Waals surface area contributed by atoms with Gasteiger partial charge in [0.1, 0.15) is 6.54 Å². The van der Waals surface area contributed by atoms with E-state index < -0.39 is 0 Å². The highest BCUT2D eigenvalue weighted by Crippen LogP contribution is 2.25. The van der Waals surface area contributed by atoms with Crippen molar-refractivity contribution in [2.24, 2.45) is 0 Å². The molecule has 3 heterocycles. The standard InChI is InChI=1S/C28H28ClN5O2/c29-25-19-31-26-18-22(6-7-24(25)26)28(36)34(23-4-2-1-3-5-23)20-27(35)33-16-14-32(15-17-33)13-10-21-8-11-30-12-9-21/h1-9,11-12,18-19,31H,10,13-17,20H2. The second-order valence-electron chi connectivity index (χ2n) is 8.95. The number of rotatable bonds is 7. The van der Waals surface area contributed by atoms with E-state index >= 15 is 0 Å². The summed E-state index contributed by atoms with van der Waals surface area (Å²) in [4.78, 5) is 39.8. The van der Waals surface area contributed by atoms with E-state index in [1.807, 2.05) is 65.8 Å². The highest BCUT2D eigenvalue weighted by atomic mass is 35.5. The Morgan fingerprint density at radius 1 is 0.972 bits per heavy atom. The zero-order chi connectivity index (χ0) is 24.9. The van der Waals surface area contributed by atoms with Gasteiger partial charge in [0.05, 0.1) is 5.02 Å². The first-order valence-electron chi connectivity index (χ1n) is 12.1. The highest BCUT2D eigenvalue weighted by Gasteiger charge is 2.26. The number of hydrogen-bond donors (Lipinski definition) is 1. The molecule has 1 aliphatic heterocycles. The lowest BCUT2D eigenvalue weighted by atomic mass is 10.1. The van der Waals surface area contributed by atoms with Crippen molar-refractivity contribution in [3.05, 3.63) is 95.4 Å². The summed E-state index contributed by atoms with van der Waals surface area (Å²) in [5.74, 6) is -0.275. The van der Waals surface area contributed by atoms with Gasteiger partial charge in [-0.05, 0) is 48.4 Å². The number of benzene rings is 2. The molecule has 0 spiro atoms. The minimum Gasteiger partial charge on any atom is -0.360 e. The van der Waals surface area contributed by atoms with Gasteiger partial charge in [-0.15, -0.1) is 0 Å². The van der Waals surface area contributed by atoms with Crippen LogP contribution in [0, 0.1) is 0 Å². The SMILES string of the molecule is O=C(CN(C(=O)c1ccc2c(Cl)c[nH]c2c1)c1ccccc1)N1CCN(CCc2ccncc2)CC1. The molecule has 5 rings (SSSR count). The molecule has 0 bridgehead atoms. The zero-order valence-electron chi connectivity index (χ0n) is 19.9. The molecule has 2 aromatic carbocycles. The molecule has 36 heavy (non-hydrogen) atoms. The van der Waals surface area contributed by atoms with E-state index in [1.54, 1.807) is 23.2 Å². The Kier molecular flexibility index (Phi) is 7.30. The van der Waals surface area contributed by atoms with Gasteiger partial charge in [-0.2, -0.15) is 0 Å². The molecule has 184 valence electrons. The lowest BCUT2D eigenvalue weighted by Gasteiger charge is -2.36. The fourth-order valence-corrected chi connectivity index (χ4v) is 4.78. The van der Waals surface area contributed by atoms with E-state index in [2.05, 4.69) is 14.9 Å². The Labute approximate surface area is 215 Å². The number of carbonyl (C=O) groups is 2. The van der Waals surface area contributed by atoms with Gasteiger partial charge in [-0.3, -0.25) is 24.4 Å². The fraction of sp³-hybridized carbons (Fsp3) is 0.250. The normalized spacial score (nSPS) is 14.2. The third-order valence-electron chi connectivity index (χ3n) is 6.68. The van der Waals surface area contributed by atoms with Gasteiger partial charge in [0.2, 0.25) is 5.91 Å². The van der Waals surface area contributed by atoms with E-state index in [4.69, 9.17) is 11.6 Å². The minimum absolute atomic E-state index is 0.0105. The number of aromatic amines is 1. The number of hydrogen-bond acceptors (Lipinski definition) is 4. The number of anilines is 1. The lowest BCUT2D eigenvalue weighted by Crippen LogP contribution is -2.52. The number of amides is 2. The first kappa shape index (κ1) is 24.0. The van der Waals surface area contributed by atoms with E-state index in [1.165, 1.54) is 5.56 Å². The summed E-state index contributed by atoms with van der Waals surface area (Å²) < 4.78 is 0. The first-order valence-corrected chi connectivity index (χ1v) is 12.5. The minimum atomic E-state index is -0.224. The Hall–Kier alpha value is -3.68. The number of piperazine rings is 1. The maximum atomic E-state index is 13.6. The molecule has 7 nitrogen and oxygen atoms in total. The number of para-hydroxylation sites is 1. The third kappa shape index (κ3) is 5.42. The van der Waals surface area contributed by atoms with Crippen LogP contribution >= 0.6 is 11.6 Å². The van der Waals surface area contributed by atoms with Crippen LogP contribution in [0.1, 0.15) is 15.9 Å². The molecule has 1 saturated heterocycles. The molecule has 1 aliphatic rings. The van der Waals surface area contributed by atoms with Crippen LogP contribution in [0.15, 0.2) is 79.3 Å². The summed E-state index contributed by atoms with van der Waals surface area (Å²) in [6, 6.07) is 18.8. The molecule has 0 atom stereocenters. The molecule has 1 N–H and O–H groups in total.